The minimum Gasteiger partial charge on any atom is -0.315 e. The number of aromatic nitrogens is 2. The summed E-state index contributed by atoms with van der Waals surface area (Å²) in [5.74, 6) is 0.379. The predicted octanol–water partition coefficient (Wildman–Crippen LogP) is 2.57. The summed E-state index contributed by atoms with van der Waals surface area (Å²) in [4.78, 5) is 14.8. The van der Waals surface area contributed by atoms with Crippen LogP contribution in [0.5, 0.6) is 0 Å². The van der Waals surface area contributed by atoms with Crippen LogP contribution in [0.2, 0.25) is 0 Å². The maximum Gasteiger partial charge on any atom is 0.278 e. The molecule has 4 rings (SSSR count). The van der Waals surface area contributed by atoms with Crippen molar-refractivity contribution in [3.05, 3.63) is 47.8 Å². The van der Waals surface area contributed by atoms with Crippen LogP contribution in [0.1, 0.15) is 47.8 Å². The quantitative estimate of drug-likeness (QED) is 0.927. The average Bonchev–Trinajstić information content (AvgIpc) is 3.21. The third kappa shape index (κ3) is 2.55. The number of carbonyl (C=O) groups excluding carboxylic acids is 1. The van der Waals surface area contributed by atoms with Gasteiger partial charge in [0.25, 0.3) is 5.91 Å². The number of carbonyl (C=O) groups is 1. The van der Waals surface area contributed by atoms with Gasteiger partial charge in [-0.05, 0) is 37.1 Å². The molecule has 0 saturated carbocycles. The Morgan fingerprint density at radius 2 is 2.17 bits per heavy atom. The van der Waals surface area contributed by atoms with E-state index in [4.69, 9.17) is 0 Å². The Morgan fingerprint density at radius 1 is 1.30 bits per heavy atom. The maximum atomic E-state index is 12.9. The summed E-state index contributed by atoms with van der Waals surface area (Å²) in [6.07, 6.45) is 4.22. The van der Waals surface area contributed by atoms with Gasteiger partial charge in [0.15, 0.2) is 5.69 Å². The molecule has 0 bridgehead atoms. The first-order chi connectivity index (χ1) is 11.2. The lowest BCUT2D eigenvalue weighted by Gasteiger charge is -2.23. The molecule has 120 valence electrons. The summed E-state index contributed by atoms with van der Waals surface area (Å²) in [7, 11) is 0. The first-order valence-corrected chi connectivity index (χ1v) is 8.40. The first kappa shape index (κ1) is 14.5. The highest BCUT2D eigenvalue weighted by Crippen LogP contribution is 2.36. The van der Waals surface area contributed by atoms with E-state index in [1.54, 1.807) is 0 Å². The van der Waals surface area contributed by atoms with Gasteiger partial charge < -0.3 is 10.2 Å². The summed E-state index contributed by atoms with van der Waals surface area (Å²) in [5, 5.41) is 7.95. The zero-order chi connectivity index (χ0) is 15.8. The van der Waals surface area contributed by atoms with E-state index in [0.29, 0.717) is 17.7 Å². The standard InChI is InChI=1S/C18H22N4O/c1-13-12-21(17-7-3-2-6-15(13)17)18(23)16-8-10-22(20-16)14-5-4-9-19-11-14/h2-3,6-8,10,13-14,19H,4-5,9,11-12H2,1H3. The van der Waals surface area contributed by atoms with Crippen molar-refractivity contribution in [3.63, 3.8) is 0 Å². The molecule has 0 spiro atoms. The van der Waals surface area contributed by atoms with Gasteiger partial charge >= 0.3 is 0 Å². The number of nitrogens with one attached hydrogen (secondary N) is 1. The van der Waals surface area contributed by atoms with Crippen LogP contribution in [0.15, 0.2) is 36.5 Å². The molecule has 1 N–H and O–H groups in total. The molecule has 5 nitrogen and oxygen atoms in total. The molecular weight excluding hydrogens is 288 g/mol. The predicted molar refractivity (Wildman–Crippen MR) is 89.9 cm³/mol. The minimum atomic E-state index is 0.00400. The summed E-state index contributed by atoms with van der Waals surface area (Å²) in [6.45, 7) is 4.90. The van der Waals surface area contributed by atoms with Crippen LogP contribution in [-0.2, 0) is 0 Å². The van der Waals surface area contributed by atoms with Crippen molar-refractivity contribution >= 4 is 11.6 Å². The second-order valence-corrected chi connectivity index (χ2v) is 6.56. The molecule has 2 aliphatic heterocycles. The third-order valence-electron chi connectivity index (χ3n) is 4.93. The van der Waals surface area contributed by atoms with E-state index >= 15 is 0 Å². The maximum absolute atomic E-state index is 12.9. The van der Waals surface area contributed by atoms with Crippen LogP contribution in [0.4, 0.5) is 5.69 Å². The number of piperidine rings is 1. The van der Waals surface area contributed by atoms with Gasteiger partial charge in [-0.25, -0.2) is 0 Å². The van der Waals surface area contributed by atoms with Gasteiger partial charge in [0.05, 0.1) is 6.04 Å². The normalized spacial score (nSPS) is 23.8. The van der Waals surface area contributed by atoms with Gasteiger partial charge in [-0.15, -0.1) is 0 Å². The fraction of sp³-hybridized carbons (Fsp3) is 0.444. The fourth-order valence-electron chi connectivity index (χ4n) is 3.67. The molecule has 1 saturated heterocycles. The van der Waals surface area contributed by atoms with Crippen molar-refractivity contribution < 1.29 is 4.79 Å². The summed E-state index contributed by atoms with van der Waals surface area (Å²) < 4.78 is 1.95. The average molecular weight is 310 g/mol. The zero-order valence-electron chi connectivity index (χ0n) is 13.4. The molecule has 2 unspecified atom stereocenters. The molecule has 1 fully saturated rings. The van der Waals surface area contributed by atoms with Crippen LogP contribution >= 0.6 is 0 Å². The van der Waals surface area contributed by atoms with Crippen molar-refractivity contribution in [2.75, 3.05) is 24.5 Å². The number of rotatable bonds is 2. The monoisotopic (exact) mass is 310 g/mol. The number of fused-ring (bicyclic) bond motifs is 1. The SMILES string of the molecule is CC1CN(C(=O)c2ccn(C3CCCNC3)n2)c2ccccc21. The summed E-state index contributed by atoms with van der Waals surface area (Å²) >= 11 is 0. The molecular formula is C18H22N4O. The first-order valence-electron chi connectivity index (χ1n) is 8.40. The molecule has 5 heteroatoms. The van der Waals surface area contributed by atoms with Crippen molar-refractivity contribution in [1.82, 2.24) is 15.1 Å². The number of anilines is 1. The van der Waals surface area contributed by atoms with Crippen LogP contribution in [0.25, 0.3) is 0 Å². The molecule has 2 aromatic rings. The third-order valence-corrected chi connectivity index (χ3v) is 4.93. The number of hydrogen-bond donors (Lipinski definition) is 1. The second kappa shape index (κ2) is 5.81. The van der Waals surface area contributed by atoms with Gasteiger partial charge in [-0.2, -0.15) is 5.10 Å². The molecule has 3 heterocycles. The lowest BCUT2D eigenvalue weighted by atomic mass is 10.0. The van der Waals surface area contributed by atoms with Crippen molar-refractivity contribution in [2.24, 2.45) is 0 Å². The van der Waals surface area contributed by atoms with Crippen molar-refractivity contribution in [1.29, 1.82) is 0 Å². The number of benzene rings is 1. The Kier molecular flexibility index (Phi) is 3.65. The lowest BCUT2D eigenvalue weighted by molar-refractivity contribution is 0.0982. The number of para-hydroxylation sites is 1. The molecule has 1 amide bonds. The Hall–Kier alpha value is -2.14. The van der Waals surface area contributed by atoms with Gasteiger partial charge in [0.1, 0.15) is 0 Å². The van der Waals surface area contributed by atoms with Crippen molar-refractivity contribution in [2.45, 2.75) is 31.7 Å². The summed E-state index contributed by atoms with van der Waals surface area (Å²) in [6, 6.07) is 10.4. The van der Waals surface area contributed by atoms with E-state index in [-0.39, 0.29) is 5.91 Å². The highest BCUT2D eigenvalue weighted by Gasteiger charge is 2.31. The number of amides is 1. The highest BCUT2D eigenvalue weighted by atomic mass is 16.2. The molecule has 0 radical (unpaired) electrons. The van der Waals surface area contributed by atoms with Gasteiger partial charge in [-0.1, -0.05) is 25.1 Å². The van der Waals surface area contributed by atoms with Gasteiger partial charge in [0.2, 0.25) is 0 Å². The largest absolute Gasteiger partial charge is 0.315 e. The lowest BCUT2D eigenvalue weighted by Crippen LogP contribution is -2.33. The van der Waals surface area contributed by atoms with Gasteiger partial charge in [0, 0.05) is 30.9 Å². The topological polar surface area (TPSA) is 50.2 Å². The van der Waals surface area contributed by atoms with E-state index in [0.717, 1.165) is 38.2 Å². The van der Waals surface area contributed by atoms with Crippen LogP contribution in [0.3, 0.4) is 0 Å². The Morgan fingerprint density at radius 3 is 3.00 bits per heavy atom. The van der Waals surface area contributed by atoms with E-state index in [1.165, 1.54) is 5.56 Å². The van der Waals surface area contributed by atoms with E-state index in [2.05, 4.69) is 23.4 Å². The molecule has 2 atom stereocenters. The van der Waals surface area contributed by atoms with Crippen LogP contribution in [-0.4, -0.2) is 35.3 Å². The molecule has 2 aliphatic rings. The van der Waals surface area contributed by atoms with E-state index in [9.17, 15) is 4.79 Å². The smallest absolute Gasteiger partial charge is 0.278 e. The van der Waals surface area contributed by atoms with Crippen LogP contribution < -0.4 is 10.2 Å². The summed E-state index contributed by atoms with van der Waals surface area (Å²) in [5.41, 5.74) is 2.81. The zero-order valence-corrected chi connectivity index (χ0v) is 13.4. The number of hydrogen-bond acceptors (Lipinski definition) is 3. The molecule has 23 heavy (non-hydrogen) atoms. The molecule has 0 aliphatic carbocycles. The Balaban J connectivity index is 1.57. The Bertz CT molecular complexity index is 717. The van der Waals surface area contributed by atoms with Crippen molar-refractivity contribution in [3.8, 4) is 0 Å². The van der Waals surface area contributed by atoms with Crippen LogP contribution in [0, 0.1) is 0 Å². The van der Waals surface area contributed by atoms with Gasteiger partial charge in [-0.3, -0.25) is 9.48 Å². The van der Waals surface area contributed by atoms with E-state index in [1.807, 2.05) is 40.0 Å². The minimum absolute atomic E-state index is 0.00400. The molecule has 1 aromatic carbocycles. The second-order valence-electron chi connectivity index (χ2n) is 6.56. The fourth-order valence-corrected chi connectivity index (χ4v) is 3.67. The number of nitrogens with zero attached hydrogens (tertiary/aromatic N) is 3. The Labute approximate surface area is 136 Å². The molecule has 1 aromatic heterocycles. The highest BCUT2D eigenvalue weighted by molar-refractivity contribution is 6.06. The van der Waals surface area contributed by atoms with E-state index < -0.39 is 0 Å².